The molecule has 3 amide bonds. The normalized spacial score (nSPS) is 18.5. The van der Waals surface area contributed by atoms with Crippen LogP contribution in [-0.4, -0.2) is 67.7 Å². The van der Waals surface area contributed by atoms with Gasteiger partial charge in [0.15, 0.2) is 0 Å². The molecule has 2 heterocycles. The smallest absolute Gasteiger partial charge is 0.322 e. The quantitative estimate of drug-likeness (QED) is 0.834. The molecule has 1 aliphatic heterocycles. The molecule has 0 radical (unpaired) electrons. The number of nitrogens with one attached hydrogen (secondary N) is 1. The molecule has 0 unspecified atom stereocenters. The third-order valence-corrected chi connectivity index (χ3v) is 4.33. The van der Waals surface area contributed by atoms with Crippen molar-refractivity contribution in [3.63, 3.8) is 0 Å². The number of nitrogens with zero attached hydrogens (tertiary/aromatic N) is 2. The lowest BCUT2D eigenvalue weighted by Gasteiger charge is -2.34. The number of rotatable bonds is 5. The van der Waals surface area contributed by atoms with Gasteiger partial charge in [-0.3, -0.25) is 9.69 Å². The van der Waals surface area contributed by atoms with Crippen LogP contribution in [0, 0.1) is 6.92 Å². The summed E-state index contributed by atoms with van der Waals surface area (Å²) in [4.78, 5) is 26.7. The number of primary amides is 1. The van der Waals surface area contributed by atoms with Crippen molar-refractivity contribution in [3.05, 3.63) is 16.3 Å². The molecule has 0 spiro atoms. The van der Waals surface area contributed by atoms with Crippen LogP contribution >= 0.6 is 11.3 Å². The number of anilines is 1. The number of likely N-dealkylation sites (N-methyl/N-ethyl adjacent to an activating group) is 1. The van der Waals surface area contributed by atoms with E-state index in [1.165, 1.54) is 0 Å². The van der Waals surface area contributed by atoms with Gasteiger partial charge >= 0.3 is 6.03 Å². The van der Waals surface area contributed by atoms with Gasteiger partial charge in [0.1, 0.15) is 0 Å². The molecule has 1 atom stereocenters. The number of ether oxygens (including phenoxy) is 1. The number of thiophene rings is 1. The molecule has 22 heavy (non-hydrogen) atoms. The number of morpholine rings is 1. The van der Waals surface area contributed by atoms with Crippen LogP contribution in [0.2, 0.25) is 0 Å². The molecule has 8 heteroatoms. The average Bonchev–Trinajstić information content (AvgIpc) is 2.83. The largest absolute Gasteiger partial charge is 0.373 e. The minimum absolute atomic E-state index is 0.118. The fourth-order valence-corrected chi connectivity index (χ4v) is 3.16. The maximum Gasteiger partial charge on any atom is 0.322 e. The van der Waals surface area contributed by atoms with E-state index in [1.54, 1.807) is 21.1 Å². The number of hydrogen-bond acceptors (Lipinski definition) is 5. The van der Waals surface area contributed by atoms with Crippen molar-refractivity contribution in [2.24, 2.45) is 5.73 Å². The van der Waals surface area contributed by atoms with Gasteiger partial charge in [-0.25, -0.2) is 4.79 Å². The first-order chi connectivity index (χ1) is 10.5. The zero-order valence-corrected chi connectivity index (χ0v) is 13.7. The van der Waals surface area contributed by atoms with E-state index in [1.807, 2.05) is 24.7 Å². The van der Waals surface area contributed by atoms with Gasteiger partial charge in [0.05, 0.1) is 24.9 Å². The number of nitrogens with two attached hydrogens (primary N) is 1. The van der Waals surface area contributed by atoms with Crippen LogP contribution in [-0.2, 0) is 9.53 Å². The minimum atomic E-state index is -0.374. The van der Waals surface area contributed by atoms with Crippen LogP contribution in [0.15, 0.2) is 10.8 Å². The topological polar surface area (TPSA) is 87.9 Å². The number of hydrogen-bond donors (Lipinski definition) is 2. The summed E-state index contributed by atoms with van der Waals surface area (Å²) in [5.41, 5.74) is 7.08. The Hall–Kier alpha value is -1.64. The molecule has 0 bridgehead atoms. The average molecular weight is 326 g/mol. The van der Waals surface area contributed by atoms with E-state index in [-0.39, 0.29) is 24.6 Å². The summed E-state index contributed by atoms with van der Waals surface area (Å²) >= 11 is 1.56. The van der Waals surface area contributed by atoms with E-state index >= 15 is 0 Å². The zero-order valence-electron chi connectivity index (χ0n) is 12.9. The first-order valence-corrected chi connectivity index (χ1v) is 8.07. The fourth-order valence-electron chi connectivity index (χ4n) is 2.38. The Balaban J connectivity index is 1.86. The Bertz CT molecular complexity index is 534. The predicted octanol–water partition coefficient (Wildman–Crippen LogP) is 0.706. The molecule has 0 aliphatic carbocycles. The molecule has 3 N–H and O–H groups in total. The predicted molar refractivity (Wildman–Crippen MR) is 86.1 cm³/mol. The second-order valence-corrected chi connectivity index (χ2v) is 6.24. The monoisotopic (exact) mass is 326 g/mol. The summed E-state index contributed by atoms with van der Waals surface area (Å²) in [6, 6.07) is -0.118. The molecule has 2 rings (SSSR count). The van der Waals surface area contributed by atoms with Gasteiger partial charge < -0.3 is 20.7 Å². The molecule has 7 nitrogen and oxygen atoms in total. The Morgan fingerprint density at radius 1 is 1.55 bits per heavy atom. The Labute approximate surface area is 134 Å². The SMILES string of the molecule is Cc1cscc1NC(=O)N1CCO[C@H](CN(C)CC(N)=O)C1. The van der Waals surface area contributed by atoms with Gasteiger partial charge in [-0.2, -0.15) is 0 Å². The van der Waals surface area contributed by atoms with E-state index in [2.05, 4.69) is 5.32 Å². The Kier molecular flexibility index (Phi) is 5.76. The van der Waals surface area contributed by atoms with E-state index in [4.69, 9.17) is 10.5 Å². The summed E-state index contributed by atoms with van der Waals surface area (Å²) in [6.45, 7) is 4.26. The summed E-state index contributed by atoms with van der Waals surface area (Å²) in [7, 11) is 1.81. The summed E-state index contributed by atoms with van der Waals surface area (Å²) in [6.07, 6.45) is -0.118. The lowest BCUT2D eigenvalue weighted by molar-refractivity contribution is -0.119. The standard InChI is InChI=1S/C14H22N4O3S/c1-10-8-22-9-12(10)16-14(20)18-3-4-21-11(6-18)5-17(2)7-13(15)19/h8-9,11H,3-7H2,1-2H3,(H2,15,19)(H,16,20)/t11-/m1/s1. The fraction of sp³-hybridized carbons (Fsp3) is 0.571. The third-order valence-electron chi connectivity index (χ3n) is 3.46. The number of carbonyl (C=O) groups is 2. The number of carbonyl (C=O) groups excluding carboxylic acids is 2. The lowest BCUT2D eigenvalue weighted by atomic mass is 10.2. The van der Waals surface area contributed by atoms with Crippen molar-refractivity contribution in [1.29, 1.82) is 0 Å². The highest BCUT2D eigenvalue weighted by Crippen LogP contribution is 2.20. The van der Waals surface area contributed by atoms with Crippen LogP contribution < -0.4 is 11.1 Å². The molecule has 122 valence electrons. The summed E-state index contributed by atoms with van der Waals surface area (Å²) < 4.78 is 5.66. The maximum atomic E-state index is 12.3. The maximum absolute atomic E-state index is 12.3. The van der Waals surface area contributed by atoms with Crippen LogP contribution in [0.3, 0.4) is 0 Å². The molecule has 1 saturated heterocycles. The second-order valence-electron chi connectivity index (χ2n) is 5.50. The zero-order chi connectivity index (χ0) is 16.1. The third kappa shape index (κ3) is 4.69. The summed E-state index contributed by atoms with van der Waals surface area (Å²) in [5.74, 6) is -0.374. The van der Waals surface area contributed by atoms with Gasteiger partial charge in [0.2, 0.25) is 5.91 Å². The number of amides is 3. The highest BCUT2D eigenvalue weighted by Gasteiger charge is 2.25. The molecule has 1 aliphatic rings. The van der Waals surface area contributed by atoms with Crippen LogP contribution in [0.4, 0.5) is 10.5 Å². The minimum Gasteiger partial charge on any atom is -0.373 e. The van der Waals surface area contributed by atoms with Gasteiger partial charge in [0.25, 0.3) is 0 Å². The summed E-state index contributed by atoms with van der Waals surface area (Å²) in [5, 5.41) is 6.84. The first-order valence-electron chi connectivity index (χ1n) is 7.13. The van der Waals surface area contributed by atoms with Crippen molar-refractivity contribution < 1.29 is 14.3 Å². The van der Waals surface area contributed by atoms with Crippen LogP contribution in [0.25, 0.3) is 0 Å². The van der Waals surface area contributed by atoms with E-state index in [9.17, 15) is 9.59 Å². The second kappa shape index (κ2) is 7.57. The van der Waals surface area contributed by atoms with Crippen LogP contribution in [0.1, 0.15) is 5.56 Å². The van der Waals surface area contributed by atoms with E-state index in [0.717, 1.165) is 11.3 Å². The molecule has 1 fully saturated rings. The van der Waals surface area contributed by atoms with Gasteiger partial charge in [-0.15, -0.1) is 11.3 Å². The number of urea groups is 1. The van der Waals surface area contributed by atoms with Crippen LogP contribution in [0.5, 0.6) is 0 Å². The van der Waals surface area contributed by atoms with E-state index in [0.29, 0.717) is 26.2 Å². The van der Waals surface area contributed by atoms with Crippen molar-refractivity contribution >= 4 is 29.0 Å². The van der Waals surface area contributed by atoms with Crippen molar-refractivity contribution in [3.8, 4) is 0 Å². The highest BCUT2D eigenvalue weighted by atomic mass is 32.1. The molecule has 1 aromatic rings. The van der Waals surface area contributed by atoms with Crippen molar-refractivity contribution in [2.75, 3.05) is 45.2 Å². The molecular formula is C14H22N4O3S. The Morgan fingerprint density at radius 2 is 2.32 bits per heavy atom. The molecular weight excluding hydrogens is 304 g/mol. The molecule has 1 aromatic heterocycles. The lowest BCUT2D eigenvalue weighted by Crippen LogP contribution is -2.51. The first kappa shape index (κ1) is 16.7. The molecule has 0 aromatic carbocycles. The Morgan fingerprint density at radius 3 is 2.95 bits per heavy atom. The highest BCUT2D eigenvalue weighted by molar-refractivity contribution is 7.08. The van der Waals surface area contributed by atoms with Gasteiger partial charge in [-0.05, 0) is 24.9 Å². The van der Waals surface area contributed by atoms with Gasteiger partial charge in [0, 0.05) is 25.0 Å². The number of aryl methyl sites for hydroxylation is 1. The van der Waals surface area contributed by atoms with Gasteiger partial charge in [-0.1, -0.05) is 0 Å². The van der Waals surface area contributed by atoms with E-state index < -0.39 is 0 Å². The van der Waals surface area contributed by atoms with Crippen molar-refractivity contribution in [1.82, 2.24) is 9.80 Å². The van der Waals surface area contributed by atoms with Crippen molar-refractivity contribution in [2.45, 2.75) is 13.0 Å². The molecule has 0 saturated carbocycles.